The monoisotopic (exact) mass is 342 g/mol. The number of aromatic nitrogens is 1. The highest BCUT2D eigenvalue weighted by atomic mass is 35.5. The van der Waals surface area contributed by atoms with Gasteiger partial charge in [-0.25, -0.2) is 4.98 Å². The fraction of sp³-hybridized carbons (Fsp3) is 0.333. The van der Waals surface area contributed by atoms with E-state index in [2.05, 4.69) is 17.2 Å². The van der Waals surface area contributed by atoms with Gasteiger partial charge in [0, 0.05) is 34.0 Å². The number of unbranched alkanes of at least 4 members (excludes halogenated alkanes) is 1. The summed E-state index contributed by atoms with van der Waals surface area (Å²) < 4.78 is 0. The lowest BCUT2D eigenvalue weighted by atomic mass is 10.1. The zero-order chi connectivity index (χ0) is 15.2. The Bertz CT molecular complexity index is 628. The van der Waals surface area contributed by atoms with Gasteiger partial charge in [0.1, 0.15) is 0 Å². The number of rotatable bonds is 6. The average Bonchev–Trinajstić information content (AvgIpc) is 2.87. The van der Waals surface area contributed by atoms with Gasteiger partial charge in [-0.15, -0.1) is 11.3 Å². The molecule has 0 atom stereocenters. The predicted octanol–water partition coefficient (Wildman–Crippen LogP) is 5.17. The number of hydrogen-bond donors (Lipinski definition) is 1. The first kappa shape index (κ1) is 16.3. The number of carbonyl (C=O) groups is 1. The minimum atomic E-state index is 0.0160. The lowest BCUT2D eigenvalue weighted by molar-refractivity contribution is -0.116. The maximum absolute atomic E-state index is 11.7. The average molecular weight is 343 g/mol. The summed E-state index contributed by atoms with van der Waals surface area (Å²) in [7, 11) is 0. The number of benzene rings is 1. The van der Waals surface area contributed by atoms with Gasteiger partial charge in [0.2, 0.25) is 5.91 Å². The third-order valence-corrected chi connectivity index (χ3v) is 4.44. The van der Waals surface area contributed by atoms with Crippen molar-refractivity contribution < 1.29 is 4.79 Å². The Labute approximate surface area is 138 Å². The van der Waals surface area contributed by atoms with Crippen molar-refractivity contribution in [3.8, 4) is 0 Å². The molecule has 0 aliphatic rings. The molecule has 0 aliphatic heterocycles. The summed E-state index contributed by atoms with van der Waals surface area (Å²) in [6.07, 6.45) is 4.88. The maximum Gasteiger partial charge on any atom is 0.226 e. The second-order valence-corrected chi connectivity index (χ2v) is 6.65. The molecule has 21 heavy (non-hydrogen) atoms. The molecule has 1 heterocycles. The Balaban J connectivity index is 1.98. The third kappa shape index (κ3) is 4.99. The summed E-state index contributed by atoms with van der Waals surface area (Å²) >= 11 is 13.5. The van der Waals surface area contributed by atoms with E-state index in [0.29, 0.717) is 28.0 Å². The number of anilines is 1. The van der Waals surface area contributed by atoms with Crippen LogP contribution in [-0.4, -0.2) is 10.9 Å². The summed E-state index contributed by atoms with van der Waals surface area (Å²) in [6, 6.07) is 5.45. The molecule has 0 fully saturated rings. The van der Waals surface area contributed by atoms with Gasteiger partial charge >= 0.3 is 0 Å². The quantitative estimate of drug-likeness (QED) is 0.786. The third-order valence-electron chi connectivity index (χ3n) is 2.94. The van der Waals surface area contributed by atoms with E-state index in [1.54, 1.807) is 12.3 Å². The SMILES string of the molecule is CCCCC(=O)Nc1ncc(Cc2ccc(Cl)cc2Cl)s1. The Morgan fingerprint density at radius 2 is 2.19 bits per heavy atom. The highest BCUT2D eigenvalue weighted by molar-refractivity contribution is 7.15. The zero-order valence-corrected chi connectivity index (χ0v) is 14.0. The van der Waals surface area contributed by atoms with Crippen LogP contribution in [0.1, 0.15) is 36.6 Å². The van der Waals surface area contributed by atoms with Crippen LogP contribution < -0.4 is 5.32 Å². The van der Waals surface area contributed by atoms with Gasteiger partial charge in [-0.2, -0.15) is 0 Å². The van der Waals surface area contributed by atoms with E-state index in [1.807, 2.05) is 12.1 Å². The van der Waals surface area contributed by atoms with Gasteiger partial charge in [0.15, 0.2) is 5.13 Å². The lowest BCUT2D eigenvalue weighted by Crippen LogP contribution is -2.10. The molecule has 112 valence electrons. The van der Waals surface area contributed by atoms with Gasteiger partial charge in [0.25, 0.3) is 0 Å². The predicted molar refractivity (Wildman–Crippen MR) is 89.5 cm³/mol. The van der Waals surface area contributed by atoms with Crippen molar-refractivity contribution in [3.05, 3.63) is 44.9 Å². The molecule has 1 aromatic heterocycles. The molecule has 0 bridgehead atoms. The second kappa shape index (κ2) is 7.78. The van der Waals surface area contributed by atoms with Crippen LogP contribution in [0.3, 0.4) is 0 Å². The van der Waals surface area contributed by atoms with E-state index < -0.39 is 0 Å². The summed E-state index contributed by atoms with van der Waals surface area (Å²) in [5, 5.41) is 4.72. The molecule has 0 spiro atoms. The first-order chi connectivity index (χ1) is 10.1. The van der Waals surface area contributed by atoms with Crippen LogP contribution >= 0.6 is 34.5 Å². The minimum Gasteiger partial charge on any atom is -0.302 e. The van der Waals surface area contributed by atoms with Gasteiger partial charge in [0.05, 0.1) is 0 Å². The van der Waals surface area contributed by atoms with Crippen LogP contribution in [0.4, 0.5) is 5.13 Å². The number of nitrogens with one attached hydrogen (secondary N) is 1. The number of halogens is 2. The highest BCUT2D eigenvalue weighted by Crippen LogP contribution is 2.26. The standard InChI is InChI=1S/C15H16Cl2N2OS/c1-2-3-4-14(20)19-15-18-9-12(21-15)7-10-5-6-11(16)8-13(10)17/h5-6,8-9H,2-4,7H2,1H3,(H,18,19,20). The van der Waals surface area contributed by atoms with Gasteiger partial charge in [-0.1, -0.05) is 42.6 Å². The smallest absolute Gasteiger partial charge is 0.226 e. The van der Waals surface area contributed by atoms with E-state index in [0.717, 1.165) is 23.3 Å². The number of thiazole rings is 1. The number of carbonyl (C=O) groups excluding carboxylic acids is 1. The van der Waals surface area contributed by atoms with Crippen molar-refractivity contribution >= 4 is 45.6 Å². The van der Waals surface area contributed by atoms with Crippen molar-refractivity contribution in [2.24, 2.45) is 0 Å². The molecule has 6 heteroatoms. The van der Waals surface area contributed by atoms with Crippen molar-refractivity contribution in [3.63, 3.8) is 0 Å². The molecule has 0 saturated heterocycles. The van der Waals surface area contributed by atoms with Crippen LogP contribution in [0.2, 0.25) is 10.0 Å². The summed E-state index contributed by atoms with van der Waals surface area (Å²) in [4.78, 5) is 16.9. The van der Waals surface area contributed by atoms with E-state index in [9.17, 15) is 4.79 Å². The fourth-order valence-electron chi connectivity index (χ4n) is 1.82. The van der Waals surface area contributed by atoms with E-state index in [1.165, 1.54) is 11.3 Å². The Hall–Kier alpha value is -1.10. The van der Waals surface area contributed by atoms with Gasteiger partial charge < -0.3 is 5.32 Å². The first-order valence-electron chi connectivity index (χ1n) is 6.77. The zero-order valence-electron chi connectivity index (χ0n) is 11.7. The summed E-state index contributed by atoms with van der Waals surface area (Å²) in [5.74, 6) is 0.0160. The van der Waals surface area contributed by atoms with Gasteiger partial charge in [-0.05, 0) is 24.1 Å². The second-order valence-electron chi connectivity index (χ2n) is 4.70. The first-order valence-corrected chi connectivity index (χ1v) is 8.34. The van der Waals surface area contributed by atoms with Crippen LogP contribution in [0.15, 0.2) is 24.4 Å². The van der Waals surface area contributed by atoms with Crippen LogP contribution in [0, 0.1) is 0 Å². The van der Waals surface area contributed by atoms with Crippen LogP contribution in [0.25, 0.3) is 0 Å². The number of amides is 1. The maximum atomic E-state index is 11.7. The summed E-state index contributed by atoms with van der Waals surface area (Å²) in [6.45, 7) is 2.06. The highest BCUT2D eigenvalue weighted by Gasteiger charge is 2.08. The number of nitrogens with zero attached hydrogens (tertiary/aromatic N) is 1. The van der Waals surface area contributed by atoms with Crippen LogP contribution in [0.5, 0.6) is 0 Å². The van der Waals surface area contributed by atoms with Crippen molar-refractivity contribution in [2.75, 3.05) is 5.32 Å². The van der Waals surface area contributed by atoms with Crippen molar-refractivity contribution in [1.82, 2.24) is 4.98 Å². The molecular formula is C15H16Cl2N2OS. The Morgan fingerprint density at radius 3 is 2.90 bits per heavy atom. The van der Waals surface area contributed by atoms with E-state index >= 15 is 0 Å². The van der Waals surface area contributed by atoms with Crippen molar-refractivity contribution in [2.45, 2.75) is 32.6 Å². The molecule has 1 aromatic carbocycles. The molecule has 1 amide bonds. The Morgan fingerprint density at radius 1 is 1.38 bits per heavy atom. The molecule has 0 unspecified atom stereocenters. The molecule has 2 rings (SSSR count). The molecule has 2 aromatic rings. The van der Waals surface area contributed by atoms with E-state index in [-0.39, 0.29) is 5.91 Å². The molecular weight excluding hydrogens is 327 g/mol. The van der Waals surface area contributed by atoms with Gasteiger partial charge in [-0.3, -0.25) is 4.79 Å². The largest absolute Gasteiger partial charge is 0.302 e. The fourth-order valence-corrected chi connectivity index (χ4v) is 3.15. The van der Waals surface area contributed by atoms with Crippen LogP contribution in [-0.2, 0) is 11.2 Å². The topological polar surface area (TPSA) is 42.0 Å². The molecule has 0 saturated carbocycles. The number of hydrogen-bond acceptors (Lipinski definition) is 3. The Kier molecular flexibility index (Phi) is 6.03. The molecule has 0 aliphatic carbocycles. The minimum absolute atomic E-state index is 0.0160. The molecule has 3 nitrogen and oxygen atoms in total. The molecule has 0 radical (unpaired) electrons. The van der Waals surface area contributed by atoms with E-state index in [4.69, 9.17) is 23.2 Å². The summed E-state index contributed by atoms with van der Waals surface area (Å²) in [5.41, 5.74) is 0.994. The molecule has 1 N–H and O–H groups in total. The van der Waals surface area contributed by atoms with Crippen molar-refractivity contribution in [1.29, 1.82) is 0 Å². The normalized spacial score (nSPS) is 10.6. The lowest BCUT2D eigenvalue weighted by Gasteiger charge is -2.02.